The van der Waals surface area contributed by atoms with Crippen molar-refractivity contribution < 1.29 is 14.9 Å². The monoisotopic (exact) mass is 365 g/mol. The van der Waals surface area contributed by atoms with E-state index in [-0.39, 0.29) is 5.75 Å². The molecule has 26 heavy (non-hydrogen) atoms. The fourth-order valence-corrected chi connectivity index (χ4v) is 2.96. The van der Waals surface area contributed by atoms with Gasteiger partial charge in [-0.25, -0.2) is 0 Å². The Morgan fingerprint density at radius 3 is 1.96 bits per heavy atom. The first-order chi connectivity index (χ1) is 12.7. The fraction of sp³-hybridized carbons (Fsp3) is 0.727. The molecule has 0 aliphatic heterocycles. The van der Waals surface area contributed by atoms with Crippen molar-refractivity contribution >= 4 is 5.69 Å². The largest absolute Gasteiger partial charge is 0.508 e. The smallest absolute Gasteiger partial charge is 0.115 e. The van der Waals surface area contributed by atoms with E-state index in [9.17, 15) is 10.2 Å². The molecule has 4 nitrogen and oxygen atoms in total. The lowest BCUT2D eigenvalue weighted by molar-refractivity contribution is 0.0416. The molecule has 0 spiro atoms. The van der Waals surface area contributed by atoms with Gasteiger partial charge in [0.25, 0.3) is 0 Å². The molecule has 0 amide bonds. The maximum absolute atomic E-state index is 9.91. The van der Waals surface area contributed by atoms with Crippen molar-refractivity contribution in [2.45, 2.75) is 83.7 Å². The Hall–Kier alpha value is -1.26. The summed E-state index contributed by atoms with van der Waals surface area (Å²) in [5.74, 6) is 0.242. The van der Waals surface area contributed by atoms with E-state index in [0.29, 0.717) is 13.2 Å². The Balaban J connectivity index is 1.83. The molecular weight excluding hydrogens is 326 g/mol. The van der Waals surface area contributed by atoms with Crippen molar-refractivity contribution in [3.63, 3.8) is 0 Å². The number of unbranched alkanes of at least 4 members (excludes halogenated alkanes) is 10. The maximum atomic E-state index is 9.91. The third-order valence-electron chi connectivity index (χ3n) is 4.61. The van der Waals surface area contributed by atoms with Crippen molar-refractivity contribution in [3.8, 4) is 5.75 Å². The topological polar surface area (TPSA) is 61.7 Å². The molecule has 4 heteroatoms. The van der Waals surface area contributed by atoms with Gasteiger partial charge in [-0.3, -0.25) is 0 Å². The zero-order chi connectivity index (χ0) is 18.9. The van der Waals surface area contributed by atoms with E-state index in [4.69, 9.17) is 4.74 Å². The highest BCUT2D eigenvalue weighted by atomic mass is 16.5. The zero-order valence-corrected chi connectivity index (χ0v) is 16.6. The second kappa shape index (κ2) is 16.0. The minimum Gasteiger partial charge on any atom is -0.508 e. The Morgan fingerprint density at radius 1 is 0.846 bits per heavy atom. The van der Waals surface area contributed by atoms with Gasteiger partial charge < -0.3 is 20.3 Å². The maximum Gasteiger partial charge on any atom is 0.115 e. The van der Waals surface area contributed by atoms with E-state index in [0.717, 1.165) is 18.7 Å². The Bertz CT molecular complexity index is 422. The van der Waals surface area contributed by atoms with Gasteiger partial charge in [0.05, 0.1) is 12.7 Å². The first kappa shape index (κ1) is 22.8. The van der Waals surface area contributed by atoms with Gasteiger partial charge in [0, 0.05) is 18.8 Å². The number of anilines is 1. The Morgan fingerprint density at radius 2 is 1.38 bits per heavy atom. The summed E-state index contributed by atoms with van der Waals surface area (Å²) in [4.78, 5) is 0. The Labute approximate surface area is 160 Å². The number of hydrogen-bond acceptors (Lipinski definition) is 4. The third kappa shape index (κ3) is 13.0. The molecule has 150 valence electrons. The first-order valence-electron chi connectivity index (χ1n) is 10.5. The van der Waals surface area contributed by atoms with E-state index in [2.05, 4.69) is 12.2 Å². The summed E-state index contributed by atoms with van der Waals surface area (Å²) < 4.78 is 5.56. The van der Waals surface area contributed by atoms with Gasteiger partial charge in [-0.05, 0) is 30.7 Å². The number of ether oxygens (including phenoxy) is 1. The minimum atomic E-state index is -0.517. The van der Waals surface area contributed by atoms with Crippen LogP contribution in [0.5, 0.6) is 5.75 Å². The number of aliphatic hydroxyl groups excluding tert-OH is 1. The summed E-state index contributed by atoms with van der Waals surface area (Å²) >= 11 is 0. The van der Waals surface area contributed by atoms with Gasteiger partial charge in [0.2, 0.25) is 0 Å². The molecule has 0 bridgehead atoms. The molecule has 0 saturated heterocycles. The number of aliphatic hydroxyl groups is 1. The number of nitrogens with one attached hydrogen (secondary N) is 1. The molecule has 1 aromatic rings. The van der Waals surface area contributed by atoms with Crippen LogP contribution in [0.3, 0.4) is 0 Å². The van der Waals surface area contributed by atoms with Crippen molar-refractivity contribution in [2.24, 2.45) is 0 Å². The van der Waals surface area contributed by atoms with Crippen molar-refractivity contribution in [3.05, 3.63) is 24.3 Å². The molecule has 1 rings (SSSR count). The highest BCUT2D eigenvalue weighted by Gasteiger charge is 2.04. The van der Waals surface area contributed by atoms with Crippen LogP contribution in [-0.4, -0.2) is 36.1 Å². The molecule has 3 N–H and O–H groups in total. The predicted octanol–water partition coefficient (Wildman–Crippen LogP) is 5.49. The average Bonchev–Trinajstić information content (AvgIpc) is 2.65. The lowest BCUT2D eigenvalue weighted by atomic mass is 10.1. The lowest BCUT2D eigenvalue weighted by Crippen LogP contribution is -2.25. The molecule has 1 unspecified atom stereocenters. The Kier molecular flexibility index (Phi) is 14.0. The van der Waals surface area contributed by atoms with Crippen molar-refractivity contribution in [2.75, 3.05) is 25.1 Å². The highest BCUT2D eigenvalue weighted by molar-refractivity contribution is 5.45. The quantitative estimate of drug-likeness (QED) is 0.252. The molecule has 0 radical (unpaired) electrons. The summed E-state index contributed by atoms with van der Waals surface area (Å²) in [7, 11) is 0. The fourth-order valence-electron chi connectivity index (χ4n) is 2.96. The molecule has 1 atom stereocenters. The summed E-state index contributed by atoms with van der Waals surface area (Å²) in [6.07, 6.45) is 14.1. The normalized spacial score (nSPS) is 12.2. The van der Waals surface area contributed by atoms with E-state index >= 15 is 0 Å². The number of benzene rings is 1. The van der Waals surface area contributed by atoms with Crippen LogP contribution in [0, 0.1) is 0 Å². The van der Waals surface area contributed by atoms with Gasteiger partial charge in [-0.1, -0.05) is 71.1 Å². The first-order valence-corrected chi connectivity index (χ1v) is 10.5. The van der Waals surface area contributed by atoms with Gasteiger partial charge in [0.15, 0.2) is 0 Å². The van der Waals surface area contributed by atoms with Gasteiger partial charge >= 0.3 is 0 Å². The number of aromatic hydroxyl groups is 1. The van der Waals surface area contributed by atoms with Crippen LogP contribution in [0.15, 0.2) is 24.3 Å². The molecule has 0 fully saturated rings. The highest BCUT2D eigenvalue weighted by Crippen LogP contribution is 2.14. The van der Waals surface area contributed by atoms with E-state index < -0.39 is 6.10 Å². The van der Waals surface area contributed by atoms with Gasteiger partial charge in [0.1, 0.15) is 5.75 Å². The van der Waals surface area contributed by atoms with Crippen LogP contribution in [0.1, 0.15) is 77.6 Å². The number of rotatable bonds is 17. The van der Waals surface area contributed by atoms with E-state index in [1.807, 2.05) is 0 Å². The second-order valence-corrected chi connectivity index (χ2v) is 7.19. The standard InChI is InChI=1S/C22H39NO3/c1-2-3-4-5-6-7-8-9-10-11-12-17-26-19-22(25)18-23-20-13-15-21(24)16-14-20/h13-16,22-25H,2-12,17-19H2,1H3. The van der Waals surface area contributed by atoms with Crippen LogP contribution in [0.2, 0.25) is 0 Å². The molecular formula is C22H39NO3. The number of phenols is 1. The van der Waals surface area contributed by atoms with Crippen LogP contribution < -0.4 is 5.32 Å². The van der Waals surface area contributed by atoms with Crippen molar-refractivity contribution in [1.29, 1.82) is 0 Å². The number of hydrogen-bond donors (Lipinski definition) is 3. The zero-order valence-electron chi connectivity index (χ0n) is 16.6. The summed E-state index contributed by atoms with van der Waals surface area (Å²) in [6, 6.07) is 6.82. The van der Waals surface area contributed by atoms with Crippen LogP contribution in [-0.2, 0) is 4.74 Å². The summed E-state index contributed by atoms with van der Waals surface area (Å²) in [6.45, 7) is 3.80. The van der Waals surface area contributed by atoms with Crippen LogP contribution in [0.4, 0.5) is 5.69 Å². The molecule has 0 aliphatic carbocycles. The van der Waals surface area contributed by atoms with Gasteiger partial charge in [-0.2, -0.15) is 0 Å². The van der Waals surface area contributed by atoms with Crippen molar-refractivity contribution in [1.82, 2.24) is 0 Å². The SMILES string of the molecule is CCCCCCCCCCCCCOCC(O)CNc1ccc(O)cc1. The molecule has 0 saturated carbocycles. The minimum absolute atomic E-state index is 0.242. The summed E-state index contributed by atoms with van der Waals surface area (Å²) in [5.41, 5.74) is 0.882. The van der Waals surface area contributed by atoms with E-state index in [1.54, 1.807) is 24.3 Å². The average molecular weight is 366 g/mol. The molecule has 1 aromatic carbocycles. The third-order valence-corrected chi connectivity index (χ3v) is 4.61. The van der Waals surface area contributed by atoms with Crippen LogP contribution >= 0.6 is 0 Å². The molecule has 0 heterocycles. The number of phenolic OH excluding ortho intramolecular Hbond substituents is 1. The summed E-state index contributed by atoms with van der Waals surface area (Å²) in [5, 5.41) is 22.3. The van der Waals surface area contributed by atoms with Crippen LogP contribution in [0.25, 0.3) is 0 Å². The molecule has 0 aliphatic rings. The van der Waals surface area contributed by atoms with Gasteiger partial charge in [-0.15, -0.1) is 0 Å². The second-order valence-electron chi connectivity index (χ2n) is 7.19. The van der Waals surface area contributed by atoms with E-state index in [1.165, 1.54) is 64.2 Å². The lowest BCUT2D eigenvalue weighted by Gasteiger charge is -2.13. The predicted molar refractivity (Wildman–Crippen MR) is 110 cm³/mol. The molecule has 0 aromatic heterocycles.